The van der Waals surface area contributed by atoms with Crippen LogP contribution in [0.3, 0.4) is 0 Å². The van der Waals surface area contributed by atoms with E-state index in [1.807, 2.05) is 12.1 Å². The Labute approximate surface area is 133 Å². The Bertz CT molecular complexity index is 569. The Balaban J connectivity index is 1.45. The standard InChI is InChI=1S/C19H25N3/c20-19-9-7-17(8-10-19)14-21-13-16-3-5-18(6-4-16)15-22-11-1-2-12-22/h3-10,21H,1-2,11-15,20H2. The van der Waals surface area contributed by atoms with Crippen molar-refractivity contribution in [3.63, 3.8) is 0 Å². The van der Waals surface area contributed by atoms with Crippen LogP contribution in [-0.4, -0.2) is 18.0 Å². The Morgan fingerprint density at radius 2 is 1.27 bits per heavy atom. The van der Waals surface area contributed by atoms with Gasteiger partial charge >= 0.3 is 0 Å². The summed E-state index contributed by atoms with van der Waals surface area (Å²) < 4.78 is 0. The predicted molar refractivity (Wildman–Crippen MR) is 92.4 cm³/mol. The number of nitrogen functional groups attached to an aromatic ring is 1. The van der Waals surface area contributed by atoms with Gasteiger partial charge in [0.25, 0.3) is 0 Å². The van der Waals surface area contributed by atoms with Crippen molar-refractivity contribution in [2.75, 3.05) is 18.8 Å². The summed E-state index contributed by atoms with van der Waals surface area (Å²) in [6.45, 7) is 5.37. The monoisotopic (exact) mass is 295 g/mol. The molecule has 0 saturated carbocycles. The van der Waals surface area contributed by atoms with E-state index in [1.54, 1.807) is 0 Å². The van der Waals surface area contributed by atoms with Gasteiger partial charge in [0.15, 0.2) is 0 Å². The molecule has 0 amide bonds. The van der Waals surface area contributed by atoms with Gasteiger partial charge in [0, 0.05) is 25.3 Å². The molecule has 2 aromatic carbocycles. The third-order valence-corrected chi connectivity index (χ3v) is 4.27. The third-order valence-electron chi connectivity index (χ3n) is 4.27. The molecule has 1 aliphatic rings. The number of nitrogens with two attached hydrogens (primary N) is 1. The molecule has 3 N–H and O–H groups in total. The normalized spacial score (nSPS) is 15.3. The molecule has 0 aliphatic carbocycles. The molecule has 1 saturated heterocycles. The number of benzene rings is 2. The second-order valence-corrected chi connectivity index (χ2v) is 6.14. The molecular weight excluding hydrogens is 270 g/mol. The van der Waals surface area contributed by atoms with Crippen LogP contribution in [0.2, 0.25) is 0 Å². The molecule has 116 valence electrons. The van der Waals surface area contributed by atoms with Gasteiger partial charge in [-0.1, -0.05) is 36.4 Å². The summed E-state index contributed by atoms with van der Waals surface area (Å²) in [5.41, 5.74) is 10.5. The number of hydrogen-bond acceptors (Lipinski definition) is 3. The van der Waals surface area contributed by atoms with Crippen LogP contribution in [-0.2, 0) is 19.6 Å². The van der Waals surface area contributed by atoms with E-state index in [-0.39, 0.29) is 0 Å². The maximum absolute atomic E-state index is 5.70. The van der Waals surface area contributed by atoms with Gasteiger partial charge in [-0.2, -0.15) is 0 Å². The zero-order valence-electron chi connectivity index (χ0n) is 13.1. The summed E-state index contributed by atoms with van der Waals surface area (Å²) >= 11 is 0. The molecule has 0 radical (unpaired) electrons. The van der Waals surface area contributed by atoms with Crippen LogP contribution in [0, 0.1) is 0 Å². The minimum absolute atomic E-state index is 0.817. The highest BCUT2D eigenvalue weighted by Crippen LogP contribution is 2.13. The van der Waals surface area contributed by atoms with Crippen molar-refractivity contribution < 1.29 is 0 Å². The fourth-order valence-electron chi connectivity index (χ4n) is 2.95. The molecule has 0 bridgehead atoms. The van der Waals surface area contributed by atoms with Crippen molar-refractivity contribution in [2.24, 2.45) is 0 Å². The van der Waals surface area contributed by atoms with Crippen LogP contribution in [0.4, 0.5) is 5.69 Å². The molecule has 3 rings (SSSR count). The molecule has 0 unspecified atom stereocenters. The van der Waals surface area contributed by atoms with Crippen molar-refractivity contribution >= 4 is 5.69 Å². The van der Waals surface area contributed by atoms with E-state index >= 15 is 0 Å². The smallest absolute Gasteiger partial charge is 0.0314 e. The molecule has 0 atom stereocenters. The lowest BCUT2D eigenvalue weighted by atomic mass is 10.1. The summed E-state index contributed by atoms with van der Waals surface area (Å²) in [5.74, 6) is 0. The van der Waals surface area contributed by atoms with E-state index < -0.39 is 0 Å². The molecule has 3 heteroatoms. The summed E-state index contributed by atoms with van der Waals surface area (Å²) in [6.07, 6.45) is 2.71. The van der Waals surface area contributed by atoms with E-state index in [2.05, 4.69) is 46.6 Å². The van der Waals surface area contributed by atoms with Crippen molar-refractivity contribution in [3.05, 3.63) is 65.2 Å². The first-order valence-corrected chi connectivity index (χ1v) is 8.15. The van der Waals surface area contributed by atoms with Crippen LogP contribution in [0.25, 0.3) is 0 Å². The maximum atomic E-state index is 5.70. The molecule has 0 aromatic heterocycles. The number of anilines is 1. The van der Waals surface area contributed by atoms with Gasteiger partial charge in [0.2, 0.25) is 0 Å². The van der Waals surface area contributed by atoms with E-state index in [1.165, 1.54) is 42.6 Å². The Hall–Kier alpha value is -1.84. The molecule has 1 aliphatic heterocycles. The molecule has 3 nitrogen and oxygen atoms in total. The average molecular weight is 295 g/mol. The van der Waals surface area contributed by atoms with Crippen molar-refractivity contribution in [2.45, 2.75) is 32.5 Å². The quantitative estimate of drug-likeness (QED) is 0.804. The van der Waals surface area contributed by atoms with Crippen LogP contribution in [0.1, 0.15) is 29.5 Å². The fraction of sp³-hybridized carbons (Fsp3) is 0.368. The van der Waals surface area contributed by atoms with E-state index in [0.717, 1.165) is 25.3 Å². The first-order valence-electron chi connectivity index (χ1n) is 8.15. The average Bonchev–Trinajstić information content (AvgIpc) is 3.04. The number of likely N-dealkylation sites (tertiary alicyclic amines) is 1. The number of nitrogens with zero attached hydrogens (tertiary/aromatic N) is 1. The topological polar surface area (TPSA) is 41.3 Å². The summed E-state index contributed by atoms with van der Waals surface area (Å²) in [5, 5.41) is 3.48. The minimum Gasteiger partial charge on any atom is -0.399 e. The molecule has 2 aromatic rings. The summed E-state index contributed by atoms with van der Waals surface area (Å²) in [6, 6.07) is 17.0. The second kappa shape index (κ2) is 7.43. The first kappa shape index (κ1) is 15.1. The highest BCUT2D eigenvalue weighted by Gasteiger charge is 2.11. The molecular formula is C19H25N3. The van der Waals surface area contributed by atoms with Gasteiger partial charge in [-0.3, -0.25) is 4.90 Å². The minimum atomic E-state index is 0.817. The largest absolute Gasteiger partial charge is 0.399 e. The van der Waals surface area contributed by atoms with Gasteiger partial charge in [0.1, 0.15) is 0 Å². The first-order chi connectivity index (χ1) is 10.8. The molecule has 1 fully saturated rings. The highest BCUT2D eigenvalue weighted by molar-refractivity contribution is 5.39. The number of hydrogen-bond donors (Lipinski definition) is 2. The Morgan fingerprint density at radius 3 is 1.86 bits per heavy atom. The van der Waals surface area contributed by atoms with Gasteiger partial charge < -0.3 is 11.1 Å². The fourth-order valence-corrected chi connectivity index (χ4v) is 2.95. The zero-order chi connectivity index (χ0) is 15.2. The van der Waals surface area contributed by atoms with Crippen molar-refractivity contribution in [1.82, 2.24) is 10.2 Å². The van der Waals surface area contributed by atoms with Crippen LogP contribution < -0.4 is 11.1 Å². The summed E-state index contributed by atoms with van der Waals surface area (Å²) in [4.78, 5) is 2.54. The lowest BCUT2D eigenvalue weighted by Gasteiger charge is -2.14. The third kappa shape index (κ3) is 4.33. The molecule has 1 heterocycles. The molecule has 22 heavy (non-hydrogen) atoms. The number of nitrogens with one attached hydrogen (secondary N) is 1. The Morgan fingerprint density at radius 1 is 0.773 bits per heavy atom. The lowest BCUT2D eigenvalue weighted by Crippen LogP contribution is -2.18. The predicted octanol–water partition coefficient (Wildman–Crippen LogP) is 3.15. The lowest BCUT2D eigenvalue weighted by molar-refractivity contribution is 0.331. The highest BCUT2D eigenvalue weighted by atomic mass is 15.1. The van der Waals surface area contributed by atoms with Crippen LogP contribution in [0.5, 0.6) is 0 Å². The van der Waals surface area contributed by atoms with E-state index in [9.17, 15) is 0 Å². The Kier molecular flexibility index (Phi) is 5.09. The van der Waals surface area contributed by atoms with Crippen LogP contribution in [0.15, 0.2) is 48.5 Å². The maximum Gasteiger partial charge on any atom is 0.0314 e. The van der Waals surface area contributed by atoms with Crippen molar-refractivity contribution in [1.29, 1.82) is 0 Å². The zero-order valence-corrected chi connectivity index (χ0v) is 13.1. The van der Waals surface area contributed by atoms with Crippen molar-refractivity contribution in [3.8, 4) is 0 Å². The summed E-state index contributed by atoms with van der Waals surface area (Å²) in [7, 11) is 0. The van der Waals surface area contributed by atoms with Gasteiger partial charge in [-0.15, -0.1) is 0 Å². The van der Waals surface area contributed by atoms with Gasteiger partial charge in [0.05, 0.1) is 0 Å². The van der Waals surface area contributed by atoms with Crippen LogP contribution >= 0.6 is 0 Å². The van der Waals surface area contributed by atoms with E-state index in [0.29, 0.717) is 0 Å². The van der Waals surface area contributed by atoms with Gasteiger partial charge in [-0.25, -0.2) is 0 Å². The number of rotatable bonds is 6. The van der Waals surface area contributed by atoms with Gasteiger partial charge in [-0.05, 0) is 54.8 Å². The van der Waals surface area contributed by atoms with E-state index in [4.69, 9.17) is 5.73 Å². The second-order valence-electron chi connectivity index (χ2n) is 6.14. The SMILES string of the molecule is Nc1ccc(CNCc2ccc(CN3CCCC3)cc2)cc1. The molecule has 0 spiro atoms.